The van der Waals surface area contributed by atoms with E-state index in [-0.39, 0.29) is 80.8 Å². The molecule has 0 aliphatic carbocycles. The number of carbonyl (C=O) groups excluding carboxylic acids is 4. The molecule has 4 aromatic heterocycles. The second-order valence-corrected chi connectivity index (χ2v) is 29.1. The fourth-order valence-electron chi connectivity index (χ4n) is 7.47. The van der Waals surface area contributed by atoms with E-state index in [1.807, 2.05) is 0 Å². The normalized spacial score (nSPS) is 12.0. The molecule has 1 aliphatic rings. The Morgan fingerprint density at radius 2 is 1.04 bits per heavy atom. The van der Waals surface area contributed by atoms with Crippen LogP contribution in [0, 0.1) is 0 Å². The van der Waals surface area contributed by atoms with Gasteiger partial charge in [0.15, 0.2) is 5.82 Å². The molecule has 0 radical (unpaired) electrons. The number of pyridine rings is 2. The van der Waals surface area contributed by atoms with E-state index in [1.165, 1.54) is 68.7 Å². The molecule has 0 spiro atoms. The van der Waals surface area contributed by atoms with Crippen LogP contribution in [0.2, 0.25) is 39.3 Å². The van der Waals surface area contributed by atoms with Crippen LogP contribution in [0.25, 0.3) is 26.7 Å². The molecule has 1 saturated heterocycles. The number of esters is 1. The molecule has 28 heteroatoms. The number of ether oxygens (including phenoxy) is 4. The van der Waals surface area contributed by atoms with Crippen LogP contribution in [0.5, 0.6) is 23.0 Å². The van der Waals surface area contributed by atoms with Gasteiger partial charge in [0, 0.05) is 75.3 Å². The Morgan fingerprint density at radius 3 is 1.45 bits per heavy atom. The Hall–Kier alpha value is -7.67. The van der Waals surface area contributed by atoms with Gasteiger partial charge in [-0.25, -0.2) is 14.8 Å². The van der Waals surface area contributed by atoms with Crippen molar-refractivity contribution in [1.82, 2.24) is 40.5 Å². The van der Waals surface area contributed by atoms with Gasteiger partial charge in [-0.3, -0.25) is 24.4 Å². The van der Waals surface area contributed by atoms with E-state index in [1.54, 1.807) is 67.7 Å². The summed E-state index contributed by atoms with van der Waals surface area (Å²) in [5.41, 5.74) is 4.86. The third-order valence-electron chi connectivity index (χ3n) is 10.5. The van der Waals surface area contributed by atoms with E-state index >= 15 is 0 Å². The number of nitrogen functional groups attached to an aromatic ring is 1. The van der Waals surface area contributed by atoms with Crippen LogP contribution >= 0.6 is 0 Å². The average Bonchev–Trinajstić information content (AvgIpc) is 3.77. The first-order chi connectivity index (χ1) is 38.6. The Morgan fingerprint density at radius 1 is 0.602 bits per heavy atom. The summed E-state index contributed by atoms with van der Waals surface area (Å²) in [7, 11) is 1.95. The van der Waals surface area contributed by atoms with Crippen LogP contribution in [0.3, 0.4) is 0 Å². The van der Waals surface area contributed by atoms with Crippen molar-refractivity contribution in [2.45, 2.75) is 64.5 Å². The molecule has 1 fully saturated rings. The number of fused-ring (bicyclic) bond motifs is 2. The van der Waals surface area contributed by atoms with Gasteiger partial charge < -0.3 is 55.2 Å². The Kier molecular flexibility index (Phi) is 25.0. The van der Waals surface area contributed by atoms with Crippen molar-refractivity contribution >= 4 is 73.6 Å². The summed E-state index contributed by atoms with van der Waals surface area (Å²) in [5, 5.41) is 7.54. The second kappa shape index (κ2) is 30.6. The summed E-state index contributed by atoms with van der Waals surface area (Å²) >= 11 is 0. The molecule has 83 heavy (non-hydrogen) atoms. The zero-order valence-corrected chi connectivity index (χ0v) is 51.2. The summed E-state index contributed by atoms with van der Waals surface area (Å²) in [6, 6.07) is 26.8. The van der Waals surface area contributed by atoms with E-state index in [9.17, 15) is 45.5 Å². The number of hydrogen-bond donors (Lipinski definition) is 6. The molecular weight excluding hydrogens is 1140 g/mol. The molecule has 0 saturated carbocycles. The van der Waals surface area contributed by atoms with E-state index in [2.05, 4.69) is 89.9 Å². The number of nitrogens with zero attached hydrogens (tertiary/aromatic N) is 5. The number of anilines is 2. The van der Waals surface area contributed by atoms with Crippen molar-refractivity contribution in [2.75, 3.05) is 45.5 Å². The van der Waals surface area contributed by atoms with Crippen LogP contribution in [0.4, 0.5) is 37.7 Å². The number of methoxy groups -OCH3 is 1. The summed E-state index contributed by atoms with van der Waals surface area (Å²) in [5.74, 6) is -0.824. The number of aromatic nitrogens is 6. The van der Waals surface area contributed by atoms with Gasteiger partial charge in [-0.15, -0.1) is 0 Å². The van der Waals surface area contributed by atoms with E-state index in [0.717, 1.165) is 32.5 Å². The van der Waals surface area contributed by atoms with Gasteiger partial charge in [-0.1, -0.05) is 80.0 Å². The zero-order chi connectivity index (χ0) is 60.4. The maximum Gasteiger partial charge on any atom is 1.00 e. The average molecular weight is 1200 g/mol. The SMILES string of the molecule is C1CCOC1.CNC(=O)c1cc(Oc2cccc(N)c2)ccn1.CNC(=O)c1cc(Oc2cccc(NC(=O)c3nc4c(C(F)(F)F)cccc4[nH]3)c2)ccn1.COC(=O)c1nc2c(C(F)(F)F)cccc2[nH]1.C[Si](C)(C)[N-][Si](C)(C)C.[Na+]. The van der Waals surface area contributed by atoms with E-state index in [4.69, 9.17) is 24.6 Å². The molecule has 8 aromatic rings. The van der Waals surface area contributed by atoms with Crippen molar-refractivity contribution in [3.63, 3.8) is 0 Å². The van der Waals surface area contributed by atoms with Crippen LogP contribution in [-0.4, -0.2) is 104 Å². The van der Waals surface area contributed by atoms with Gasteiger partial charge in [0.05, 0.1) is 29.3 Å². The minimum atomic E-state index is -4.60. The third-order valence-corrected chi connectivity index (χ3v) is 15.9. The van der Waals surface area contributed by atoms with Gasteiger partial charge in [0.25, 0.3) is 17.7 Å². The molecule has 0 bridgehead atoms. The Balaban J connectivity index is 0.000000251. The summed E-state index contributed by atoms with van der Waals surface area (Å²) in [6.45, 7) is 15.8. The standard InChI is InChI=1S/C22H16F3N5O3.C13H13N3O2.C10H7F3N2O2.C6H18NSi2.C4H8O.Na/c1-26-20(31)17-11-14(8-9-27-17)33-13-5-2-4-12(10-13)28-21(32)19-29-16-7-3-6-15(18(16)30-19)22(23,24)25;1-15-13(17)12-8-11(5-6-16-12)18-10-4-2-3-9(14)7-10;1-17-9(16)8-14-6-4-2-3-5(7(6)15-8)10(11,12)13;1-8(2,3)7-9(4,5)6;1-2-4-5-3-1;/h2-11H,1H3,(H,26,31)(H,28,32)(H,29,30);2-8H,14H2,1H3,(H,15,17);2-4H,1H3,(H,14,15);1-6H3;1-4H2;/q;;;-1;;+1. The third kappa shape index (κ3) is 21.9. The van der Waals surface area contributed by atoms with Crippen molar-refractivity contribution in [1.29, 1.82) is 0 Å². The zero-order valence-electron chi connectivity index (χ0n) is 47.2. The van der Waals surface area contributed by atoms with Crippen LogP contribution in [-0.2, 0) is 21.8 Å². The quantitative estimate of drug-likeness (QED) is 0.0305. The summed E-state index contributed by atoms with van der Waals surface area (Å²) < 4.78 is 103. The van der Waals surface area contributed by atoms with Crippen molar-refractivity contribution in [2.24, 2.45) is 0 Å². The fourth-order valence-corrected chi connectivity index (χ4v) is 15.5. The topological polar surface area (TPSA) is 265 Å². The summed E-state index contributed by atoms with van der Waals surface area (Å²) in [4.78, 5) is 67.3. The number of aromatic amines is 2. The number of benzene rings is 4. The predicted molar refractivity (Wildman–Crippen MR) is 304 cm³/mol. The molecule has 5 heterocycles. The monoisotopic (exact) mass is 1200 g/mol. The number of alkyl halides is 6. The first-order valence-electron chi connectivity index (χ1n) is 25.1. The summed E-state index contributed by atoms with van der Waals surface area (Å²) in [6.07, 6.45) is -3.62. The molecule has 7 N–H and O–H groups in total. The number of nitrogens with two attached hydrogens (primary N) is 1. The number of rotatable bonds is 11. The van der Waals surface area contributed by atoms with E-state index < -0.39 is 51.8 Å². The molecule has 4 aromatic carbocycles. The first kappa shape index (κ1) is 67.8. The fraction of sp³-hybridized carbons (Fsp3) is 0.273. The van der Waals surface area contributed by atoms with Gasteiger partial charge in [0.1, 0.15) is 45.4 Å². The molecule has 3 amide bonds. The Bertz CT molecular complexity index is 3440. The number of halogens is 6. The van der Waals surface area contributed by atoms with Gasteiger partial charge in [-0.2, -0.15) is 26.3 Å². The maximum atomic E-state index is 13.2. The number of H-pyrrole nitrogens is 2. The molecule has 19 nitrogen and oxygen atoms in total. The Labute approximate surface area is 498 Å². The first-order valence-corrected chi connectivity index (χ1v) is 32.0. The van der Waals surface area contributed by atoms with Gasteiger partial charge in [0.2, 0.25) is 5.82 Å². The van der Waals surface area contributed by atoms with Gasteiger partial charge in [-0.05, 0) is 73.5 Å². The predicted octanol–water partition coefficient (Wildman–Crippen LogP) is 9.40. The molecular formula is C55H62F6N11NaO8Si2. The largest absolute Gasteiger partial charge is 1.00 e. The molecule has 436 valence electrons. The molecule has 9 rings (SSSR count). The van der Waals surface area contributed by atoms with Gasteiger partial charge >= 0.3 is 47.9 Å². The minimum Gasteiger partial charge on any atom is -0.668 e. The number of imidazole rings is 2. The van der Waals surface area contributed by atoms with Crippen LogP contribution < -0.4 is 60.7 Å². The molecule has 0 unspecified atom stereocenters. The number of hydrogen-bond acceptors (Lipinski definition) is 13. The van der Waals surface area contributed by atoms with Crippen molar-refractivity contribution in [3.8, 4) is 23.0 Å². The number of para-hydroxylation sites is 2. The van der Waals surface area contributed by atoms with E-state index in [0.29, 0.717) is 40.1 Å². The number of carbonyl (C=O) groups is 4. The van der Waals surface area contributed by atoms with Crippen molar-refractivity contribution in [3.05, 3.63) is 160 Å². The van der Waals surface area contributed by atoms with Crippen molar-refractivity contribution < 1.29 is 94.0 Å². The van der Waals surface area contributed by atoms with Crippen LogP contribution in [0.1, 0.15) is 66.2 Å². The molecule has 1 aliphatic heterocycles. The maximum absolute atomic E-state index is 13.2. The molecule has 0 atom stereocenters. The number of nitrogens with one attached hydrogen (secondary N) is 5. The van der Waals surface area contributed by atoms with Crippen LogP contribution in [0.15, 0.2) is 122 Å². The minimum absolute atomic E-state index is 0. The smallest absolute Gasteiger partial charge is 0.668 e. The number of amides is 3. The second-order valence-electron chi connectivity index (χ2n) is 19.5.